The molecule has 8 heavy (non-hydrogen) atoms. The second kappa shape index (κ2) is 2.03. The molecule has 0 atom stereocenters. The van der Waals surface area contributed by atoms with E-state index in [1.165, 1.54) is 19.3 Å². The van der Waals surface area contributed by atoms with Crippen molar-refractivity contribution in [2.24, 2.45) is 0 Å². The van der Waals surface area contributed by atoms with E-state index in [1.54, 1.807) is 0 Å². The van der Waals surface area contributed by atoms with Crippen molar-refractivity contribution in [3.8, 4) is 12.3 Å². The minimum atomic E-state index is 0.250. The molecule has 0 radical (unpaired) electrons. The van der Waals surface area contributed by atoms with E-state index in [4.69, 9.17) is 6.42 Å². The van der Waals surface area contributed by atoms with Crippen LogP contribution in [-0.2, 0) is 0 Å². The number of hydrogen-bond acceptors (Lipinski definition) is 1. The molecule has 1 heteroatoms. The zero-order valence-electron chi connectivity index (χ0n) is 5.11. The lowest BCUT2D eigenvalue weighted by molar-refractivity contribution is 0.445. The van der Waals surface area contributed by atoms with Gasteiger partial charge in [0.15, 0.2) is 0 Å². The van der Waals surface area contributed by atoms with Crippen molar-refractivity contribution in [3.63, 3.8) is 0 Å². The van der Waals surface area contributed by atoms with Gasteiger partial charge >= 0.3 is 0 Å². The quantitative estimate of drug-likeness (QED) is 0.484. The molecule has 0 aliphatic heterocycles. The molecule has 0 amide bonds. The second-order valence-corrected chi connectivity index (χ2v) is 3.39. The summed E-state index contributed by atoms with van der Waals surface area (Å²) in [7, 11) is 0. The first kappa shape index (κ1) is 6.04. The largest absolute Gasteiger partial charge is 0.145 e. The molecule has 0 saturated heterocycles. The Hall–Kier alpha value is -0.0900. The van der Waals surface area contributed by atoms with Crippen molar-refractivity contribution in [1.29, 1.82) is 0 Å². The molecule has 0 aromatic carbocycles. The Labute approximate surface area is 55.0 Å². The first-order chi connectivity index (χ1) is 3.83. The standard InChI is InChI=1S/C7H10S/c1-3-7(8-2)5-4-6-7/h1H,4-6H2,2H3. The molecule has 0 aromatic heterocycles. The SMILES string of the molecule is C#CC1(SC)CCC1. The van der Waals surface area contributed by atoms with Gasteiger partial charge in [-0.25, -0.2) is 0 Å². The normalized spacial score (nSPS) is 23.5. The van der Waals surface area contributed by atoms with Crippen LogP contribution in [0.5, 0.6) is 0 Å². The molecular formula is C7H10S. The molecule has 44 valence electrons. The number of terminal acetylenes is 1. The monoisotopic (exact) mass is 126 g/mol. The van der Waals surface area contributed by atoms with Crippen LogP contribution in [0, 0.1) is 12.3 Å². The summed E-state index contributed by atoms with van der Waals surface area (Å²) in [5.41, 5.74) is 0. The maximum Gasteiger partial charge on any atom is 0.0759 e. The Kier molecular flexibility index (Phi) is 1.53. The van der Waals surface area contributed by atoms with Gasteiger partial charge in [0.1, 0.15) is 0 Å². The first-order valence-electron chi connectivity index (χ1n) is 2.86. The molecule has 1 aliphatic carbocycles. The summed E-state index contributed by atoms with van der Waals surface area (Å²) < 4.78 is 0.250. The highest BCUT2D eigenvalue weighted by Crippen LogP contribution is 2.41. The molecule has 0 N–H and O–H groups in total. The summed E-state index contributed by atoms with van der Waals surface area (Å²) >= 11 is 1.82. The summed E-state index contributed by atoms with van der Waals surface area (Å²) in [6, 6.07) is 0. The van der Waals surface area contributed by atoms with Crippen LogP contribution in [-0.4, -0.2) is 11.0 Å². The predicted octanol–water partition coefficient (Wildman–Crippen LogP) is 1.91. The molecule has 1 fully saturated rings. The van der Waals surface area contributed by atoms with Gasteiger partial charge in [-0.15, -0.1) is 18.2 Å². The predicted molar refractivity (Wildman–Crippen MR) is 38.9 cm³/mol. The number of hydrogen-bond donors (Lipinski definition) is 0. The van der Waals surface area contributed by atoms with Crippen LogP contribution >= 0.6 is 11.8 Å². The fourth-order valence-electron chi connectivity index (χ4n) is 0.905. The Morgan fingerprint density at radius 1 is 1.62 bits per heavy atom. The minimum absolute atomic E-state index is 0.250. The summed E-state index contributed by atoms with van der Waals surface area (Å²) in [6.07, 6.45) is 11.2. The van der Waals surface area contributed by atoms with Gasteiger partial charge in [-0.1, -0.05) is 5.92 Å². The first-order valence-corrected chi connectivity index (χ1v) is 4.08. The third kappa shape index (κ3) is 0.736. The lowest BCUT2D eigenvalue weighted by atomic mass is 9.85. The summed E-state index contributed by atoms with van der Waals surface area (Å²) in [5.74, 6) is 2.83. The summed E-state index contributed by atoms with van der Waals surface area (Å²) in [5, 5.41) is 0. The highest BCUT2D eigenvalue weighted by atomic mass is 32.2. The third-order valence-electron chi connectivity index (χ3n) is 1.82. The molecule has 0 unspecified atom stereocenters. The van der Waals surface area contributed by atoms with Crippen LogP contribution in [0.2, 0.25) is 0 Å². The zero-order valence-corrected chi connectivity index (χ0v) is 5.92. The molecule has 0 heterocycles. The highest BCUT2D eigenvalue weighted by Gasteiger charge is 2.33. The molecular weight excluding hydrogens is 116 g/mol. The van der Waals surface area contributed by atoms with E-state index in [0.29, 0.717) is 0 Å². The van der Waals surface area contributed by atoms with Crippen LogP contribution < -0.4 is 0 Å². The van der Waals surface area contributed by atoms with E-state index in [-0.39, 0.29) is 4.75 Å². The fraction of sp³-hybridized carbons (Fsp3) is 0.714. The molecule has 0 aromatic rings. The summed E-state index contributed by atoms with van der Waals surface area (Å²) in [6.45, 7) is 0. The van der Waals surface area contributed by atoms with Crippen molar-refractivity contribution < 1.29 is 0 Å². The zero-order chi connectivity index (χ0) is 6.04. The smallest absolute Gasteiger partial charge is 0.0759 e. The average molecular weight is 126 g/mol. The Bertz CT molecular complexity index is 111. The number of thioether (sulfide) groups is 1. The van der Waals surface area contributed by atoms with E-state index in [1.807, 2.05) is 11.8 Å². The maximum absolute atomic E-state index is 5.31. The maximum atomic E-state index is 5.31. The van der Waals surface area contributed by atoms with E-state index in [0.717, 1.165) is 0 Å². The summed E-state index contributed by atoms with van der Waals surface area (Å²) in [4.78, 5) is 0. The van der Waals surface area contributed by atoms with Crippen LogP contribution in [0.4, 0.5) is 0 Å². The van der Waals surface area contributed by atoms with Gasteiger partial charge < -0.3 is 0 Å². The second-order valence-electron chi connectivity index (χ2n) is 2.20. The lowest BCUT2D eigenvalue weighted by Crippen LogP contribution is -2.30. The Morgan fingerprint density at radius 3 is 2.25 bits per heavy atom. The van der Waals surface area contributed by atoms with Crippen molar-refractivity contribution in [2.75, 3.05) is 6.26 Å². The van der Waals surface area contributed by atoms with Crippen LogP contribution in [0.1, 0.15) is 19.3 Å². The van der Waals surface area contributed by atoms with E-state index >= 15 is 0 Å². The van der Waals surface area contributed by atoms with Gasteiger partial charge in [0.05, 0.1) is 4.75 Å². The van der Waals surface area contributed by atoms with E-state index in [9.17, 15) is 0 Å². The van der Waals surface area contributed by atoms with Gasteiger partial charge in [-0.2, -0.15) is 0 Å². The van der Waals surface area contributed by atoms with Crippen molar-refractivity contribution >= 4 is 11.8 Å². The lowest BCUT2D eigenvalue weighted by Gasteiger charge is -2.34. The molecule has 1 aliphatic rings. The fourth-order valence-corrected chi connectivity index (χ4v) is 1.72. The Morgan fingerprint density at radius 2 is 2.25 bits per heavy atom. The van der Waals surface area contributed by atoms with E-state index < -0.39 is 0 Å². The number of rotatable bonds is 1. The van der Waals surface area contributed by atoms with Crippen molar-refractivity contribution in [1.82, 2.24) is 0 Å². The molecule has 0 spiro atoms. The van der Waals surface area contributed by atoms with Crippen LogP contribution in [0.15, 0.2) is 0 Å². The average Bonchev–Trinajstić information content (AvgIpc) is 1.67. The van der Waals surface area contributed by atoms with E-state index in [2.05, 4.69) is 12.2 Å². The highest BCUT2D eigenvalue weighted by molar-refractivity contribution is 8.00. The molecule has 1 rings (SSSR count). The third-order valence-corrected chi connectivity index (χ3v) is 3.12. The molecule has 1 saturated carbocycles. The van der Waals surface area contributed by atoms with Crippen LogP contribution in [0.3, 0.4) is 0 Å². The van der Waals surface area contributed by atoms with Gasteiger partial charge in [-0.3, -0.25) is 0 Å². The molecule has 0 nitrogen and oxygen atoms in total. The van der Waals surface area contributed by atoms with Gasteiger partial charge in [-0.05, 0) is 25.5 Å². The van der Waals surface area contributed by atoms with Gasteiger partial charge in [0, 0.05) is 0 Å². The minimum Gasteiger partial charge on any atom is -0.145 e. The molecule has 0 bridgehead atoms. The van der Waals surface area contributed by atoms with Gasteiger partial charge in [0.25, 0.3) is 0 Å². The Balaban J connectivity index is 2.49. The topological polar surface area (TPSA) is 0 Å². The van der Waals surface area contributed by atoms with Crippen molar-refractivity contribution in [3.05, 3.63) is 0 Å². The van der Waals surface area contributed by atoms with Crippen LogP contribution in [0.25, 0.3) is 0 Å². The van der Waals surface area contributed by atoms with Gasteiger partial charge in [0.2, 0.25) is 0 Å². The van der Waals surface area contributed by atoms with Crippen molar-refractivity contribution in [2.45, 2.75) is 24.0 Å².